The Morgan fingerprint density at radius 3 is 1.83 bits per heavy atom. The zero-order valence-corrected chi connectivity index (χ0v) is 12.6. The number of piperidine rings is 1. The van der Waals surface area contributed by atoms with Gasteiger partial charge >= 0.3 is 0 Å². The molecule has 0 aliphatic carbocycles. The maximum Gasteiger partial charge on any atom is 0.188 e. The summed E-state index contributed by atoms with van der Waals surface area (Å²) in [4.78, 5) is 21.6. The summed E-state index contributed by atoms with van der Waals surface area (Å²) in [6.45, 7) is 0. The molecule has 4 nitrogen and oxygen atoms in total. The van der Waals surface area contributed by atoms with Gasteiger partial charge in [-0.05, 0) is 49.3 Å². The number of hydrogen-bond acceptors (Lipinski definition) is 4. The third-order valence-electron chi connectivity index (χ3n) is 4.40. The lowest BCUT2D eigenvalue weighted by Gasteiger charge is -2.25. The number of hydrogen-bond donors (Lipinski definition) is 1. The van der Waals surface area contributed by atoms with Crippen LogP contribution in [0.5, 0.6) is 0 Å². The van der Waals surface area contributed by atoms with Crippen molar-refractivity contribution in [2.75, 3.05) is 0 Å². The first-order valence-corrected chi connectivity index (χ1v) is 7.87. The van der Waals surface area contributed by atoms with Crippen molar-refractivity contribution in [3.05, 3.63) is 71.3 Å². The zero-order valence-electron chi connectivity index (χ0n) is 12.6. The summed E-state index contributed by atoms with van der Waals surface area (Å²) in [5.74, 6) is 0.118. The molecule has 2 aliphatic heterocycles. The van der Waals surface area contributed by atoms with Gasteiger partial charge in [-0.2, -0.15) is 0 Å². The number of rotatable bonds is 2. The van der Waals surface area contributed by atoms with Gasteiger partial charge in [0.05, 0.1) is 11.4 Å². The van der Waals surface area contributed by atoms with Gasteiger partial charge in [0.2, 0.25) is 0 Å². The van der Waals surface area contributed by atoms with Gasteiger partial charge in [-0.25, -0.2) is 0 Å². The predicted molar refractivity (Wildman–Crippen MR) is 89.4 cm³/mol. The molecule has 2 saturated heterocycles. The van der Waals surface area contributed by atoms with Crippen molar-refractivity contribution in [1.82, 2.24) is 15.3 Å². The SMILES string of the molecule is O=C1/C(=C\c2ccccn2)C2CCC(N2)/C1=C\c1ccccn1. The Morgan fingerprint density at radius 2 is 1.39 bits per heavy atom. The zero-order chi connectivity index (χ0) is 15.6. The summed E-state index contributed by atoms with van der Waals surface area (Å²) in [7, 11) is 0. The van der Waals surface area contributed by atoms with E-state index in [1.165, 1.54) is 0 Å². The number of Topliss-reactive ketones (excluding diaryl/α,β-unsaturated/α-hetero) is 1. The highest BCUT2D eigenvalue weighted by Gasteiger charge is 2.40. The molecule has 0 radical (unpaired) electrons. The highest BCUT2D eigenvalue weighted by molar-refractivity contribution is 6.16. The van der Waals surface area contributed by atoms with E-state index in [1.54, 1.807) is 12.4 Å². The molecule has 2 bridgehead atoms. The second-order valence-electron chi connectivity index (χ2n) is 5.89. The predicted octanol–water partition coefficient (Wildman–Crippen LogP) is 2.65. The van der Waals surface area contributed by atoms with Crippen LogP contribution in [0.3, 0.4) is 0 Å². The van der Waals surface area contributed by atoms with E-state index in [1.807, 2.05) is 48.6 Å². The Labute approximate surface area is 135 Å². The number of fused-ring (bicyclic) bond motifs is 2. The van der Waals surface area contributed by atoms with Crippen molar-refractivity contribution in [2.45, 2.75) is 24.9 Å². The second-order valence-corrected chi connectivity index (χ2v) is 5.89. The minimum absolute atomic E-state index is 0.118. The fraction of sp³-hybridized carbons (Fsp3) is 0.211. The van der Waals surface area contributed by atoms with E-state index in [0.29, 0.717) is 0 Å². The monoisotopic (exact) mass is 303 g/mol. The Bertz CT molecular complexity index is 715. The van der Waals surface area contributed by atoms with Gasteiger partial charge in [-0.1, -0.05) is 12.1 Å². The van der Waals surface area contributed by atoms with Gasteiger partial charge in [0.15, 0.2) is 5.78 Å². The Hall–Kier alpha value is -2.59. The molecular weight excluding hydrogens is 286 g/mol. The molecule has 4 rings (SSSR count). The number of pyridine rings is 2. The third kappa shape index (κ3) is 2.73. The van der Waals surface area contributed by atoms with Crippen LogP contribution in [0.25, 0.3) is 12.2 Å². The van der Waals surface area contributed by atoms with Crippen molar-refractivity contribution in [3.63, 3.8) is 0 Å². The molecule has 2 aromatic heterocycles. The van der Waals surface area contributed by atoms with Crippen LogP contribution in [-0.2, 0) is 4.79 Å². The highest BCUT2D eigenvalue weighted by atomic mass is 16.1. The summed E-state index contributed by atoms with van der Waals surface area (Å²) in [5.41, 5.74) is 3.25. The highest BCUT2D eigenvalue weighted by Crippen LogP contribution is 2.33. The number of carbonyl (C=O) groups is 1. The molecule has 23 heavy (non-hydrogen) atoms. The van der Waals surface area contributed by atoms with E-state index in [-0.39, 0.29) is 17.9 Å². The molecule has 0 amide bonds. The molecule has 0 spiro atoms. The lowest BCUT2D eigenvalue weighted by Crippen LogP contribution is -2.42. The number of nitrogens with one attached hydrogen (secondary N) is 1. The number of ketones is 1. The fourth-order valence-corrected chi connectivity index (χ4v) is 3.29. The van der Waals surface area contributed by atoms with E-state index >= 15 is 0 Å². The molecule has 2 aliphatic rings. The van der Waals surface area contributed by atoms with Crippen molar-refractivity contribution < 1.29 is 4.79 Å². The molecule has 2 atom stereocenters. The van der Waals surface area contributed by atoms with Crippen molar-refractivity contribution >= 4 is 17.9 Å². The molecule has 1 N–H and O–H groups in total. The van der Waals surface area contributed by atoms with Crippen LogP contribution in [-0.4, -0.2) is 27.8 Å². The molecule has 0 saturated carbocycles. The van der Waals surface area contributed by atoms with Crippen molar-refractivity contribution in [2.24, 2.45) is 0 Å². The summed E-state index contributed by atoms with van der Waals surface area (Å²) in [5, 5.41) is 3.55. The van der Waals surface area contributed by atoms with E-state index in [4.69, 9.17) is 0 Å². The molecule has 4 heterocycles. The van der Waals surface area contributed by atoms with Gasteiger partial charge in [0, 0.05) is 35.6 Å². The number of carbonyl (C=O) groups excluding carboxylic acids is 1. The van der Waals surface area contributed by atoms with Crippen LogP contribution >= 0.6 is 0 Å². The molecule has 2 aromatic rings. The van der Waals surface area contributed by atoms with Gasteiger partial charge in [0.25, 0.3) is 0 Å². The quantitative estimate of drug-likeness (QED) is 0.867. The van der Waals surface area contributed by atoms with Crippen LogP contribution < -0.4 is 5.32 Å². The first-order chi connectivity index (χ1) is 11.3. The average molecular weight is 303 g/mol. The van der Waals surface area contributed by atoms with Crippen LogP contribution in [0.1, 0.15) is 24.2 Å². The molecule has 2 fully saturated rings. The first kappa shape index (κ1) is 14.0. The maximum absolute atomic E-state index is 13.0. The van der Waals surface area contributed by atoms with Gasteiger partial charge in [0.1, 0.15) is 0 Å². The van der Waals surface area contributed by atoms with Crippen molar-refractivity contribution in [1.29, 1.82) is 0 Å². The van der Waals surface area contributed by atoms with Crippen molar-refractivity contribution in [3.8, 4) is 0 Å². The Kier molecular flexibility index (Phi) is 3.60. The standard InChI is InChI=1S/C19H17N3O/c23-19-15(11-13-5-1-3-9-20-13)17-7-8-18(22-17)16(19)12-14-6-2-4-10-21-14/h1-6,9-12,17-18,22H,7-8H2/b15-11-,16-12+. The van der Waals surface area contributed by atoms with Gasteiger partial charge in [-0.15, -0.1) is 0 Å². The van der Waals surface area contributed by atoms with Gasteiger partial charge in [-0.3, -0.25) is 14.8 Å². The summed E-state index contributed by atoms with van der Waals surface area (Å²) < 4.78 is 0. The Morgan fingerprint density at radius 1 is 0.870 bits per heavy atom. The minimum atomic E-state index is 0.118. The van der Waals surface area contributed by atoms with E-state index < -0.39 is 0 Å². The van der Waals surface area contributed by atoms with Crippen LogP contribution in [0, 0.1) is 0 Å². The van der Waals surface area contributed by atoms with Crippen LogP contribution in [0.4, 0.5) is 0 Å². The van der Waals surface area contributed by atoms with E-state index in [2.05, 4.69) is 15.3 Å². The fourth-order valence-electron chi connectivity index (χ4n) is 3.29. The summed E-state index contributed by atoms with van der Waals surface area (Å²) >= 11 is 0. The number of aromatic nitrogens is 2. The molecule has 2 unspecified atom stereocenters. The largest absolute Gasteiger partial charge is 0.303 e. The van der Waals surface area contributed by atoms with Gasteiger partial charge < -0.3 is 5.32 Å². The smallest absolute Gasteiger partial charge is 0.188 e. The summed E-state index contributed by atoms with van der Waals surface area (Å²) in [6.07, 6.45) is 9.27. The number of nitrogens with zero attached hydrogens (tertiary/aromatic N) is 2. The third-order valence-corrected chi connectivity index (χ3v) is 4.40. The van der Waals surface area contributed by atoms with Crippen LogP contribution in [0.15, 0.2) is 59.9 Å². The van der Waals surface area contributed by atoms with E-state index in [0.717, 1.165) is 35.4 Å². The topological polar surface area (TPSA) is 54.9 Å². The van der Waals surface area contributed by atoms with Crippen LogP contribution in [0.2, 0.25) is 0 Å². The summed E-state index contributed by atoms with van der Waals surface area (Å²) in [6, 6.07) is 11.7. The molecular formula is C19H17N3O. The lowest BCUT2D eigenvalue weighted by molar-refractivity contribution is -0.113. The normalized spacial score (nSPS) is 26.9. The Balaban J connectivity index is 1.73. The maximum atomic E-state index is 13.0. The first-order valence-electron chi connectivity index (χ1n) is 7.87. The minimum Gasteiger partial charge on any atom is -0.303 e. The van der Waals surface area contributed by atoms with E-state index in [9.17, 15) is 4.79 Å². The average Bonchev–Trinajstić information content (AvgIpc) is 3.04. The lowest BCUT2D eigenvalue weighted by atomic mass is 9.91. The molecule has 114 valence electrons. The molecule has 4 heteroatoms. The second kappa shape index (κ2) is 5.89. The molecule has 0 aromatic carbocycles.